The van der Waals surface area contributed by atoms with Crippen LogP contribution in [0.5, 0.6) is 0 Å². The van der Waals surface area contributed by atoms with Crippen LogP contribution < -0.4 is 0 Å². The van der Waals surface area contributed by atoms with Crippen molar-refractivity contribution < 1.29 is 54.1 Å². The van der Waals surface area contributed by atoms with E-state index in [0.29, 0.717) is 6.42 Å². The summed E-state index contributed by atoms with van der Waals surface area (Å²) in [5.74, 6) is 0. The highest BCUT2D eigenvalue weighted by Crippen LogP contribution is 2.13. The van der Waals surface area contributed by atoms with Gasteiger partial charge in [-0.25, -0.2) is 13.6 Å². The lowest BCUT2D eigenvalue weighted by molar-refractivity contribution is -0.182. The second-order valence-electron chi connectivity index (χ2n) is 2.21. The number of halogens is 9. The summed E-state index contributed by atoms with van der Waals surface area (Å²) in [6, 6.07) is 0. The fourth-order valence-corrected chi connectivity index (χ4v) is 0.154. The summed E-state index contributed by atoms with van der Waals surface area (Å²) in [6.07, 6.45) is -6.59. The Hall–Kier alpha value is -1.04. The Kier molecular flexibility index (Phi) is 31.5. The van der Waals surface area contributed by atoms with Crippen molar-refractivity contribution in [3.63, 3.8) is 0 Å². The first-order chi connectivity index (χ1) is 9.12. The summed E-state index contributed by atoms with van der Waals surface area (Å²) in [6.45, 7) is -2.62. The molecule has 0 bridgehead atoms. The van der Waals surface area contributed by atoms with Crippen molar-refractivity contribution in [2.24, 2.45) is 0 Å². The molecule has 126 valence electrons. The third-order valence-corrected chi connectivity index (χ3v) is 0.573. The van der Waals surface area contributed by atoms with Gasteiger partial charge in [0.05, 0.1) is 6.67 Å². The van der Waals surface area contributed by atoms with Crippen molar-refractivity contribution in [2.75, 3.05) is 27.0 Å². The number of carbonyl (C=O) groups excluding carboxylic acids is 1. The van der Waals surface area contributed by atoms with Crippen LogP contribution in [0.2, 0.25) is 0 Å². The molecule has 0 aromatic carbocycles. The molecule has 20 heavy (non-hydrogen) atoms. The van der Waals surface area contributed by atoms with Crippen molar-refractivity contribution in [2.45, 2.75) is 19.5 Å². The quantitative estimate of drug-likeness (QED) is 0.553. The Morgan fingerprint density at radius 1 is 1.05 bits per heavy atom. The van der Waals surface area contributed by atoms with Crippen LogP contribution in [0, 0.1) is 0 Å². The van der Waals surface area contributed by atoms with Gasteiger partial charge in [0.15, 0.2) is 6.86 Å². The lowest BCUT2D eigenvalue weighted by atomic mass is 10.6. The van der Waals surface area contributed by atoms with Gasteiger partial charge >= 0.3 is 12.5 Å². The topological polar surface area (TPSA) is 35.5 Å². The van der Waals surface area contributed by atoms with Gasteiger partial charge in [0, 0.05) is 0 Å². The molecule has 0 heterocycles. The third-order valence-electron chi connectivity index (χ3n) is 0.573. The predicted molar refractivity (Wildman–Crippen MR) is 50.0 cm³/mol. The zero-order valence-corrected chi connectivity index (χ0v) is 10.2. The molecule has 0 aromatic rings. The van der Waals surface area contributed by atoms with E-state index in [0.717, 1.165) is 0 Å². The molecule has 0 saturated heterocycles. The van der Waals surface area contributed by atoms with Crippen molar-refractivity contribution in [3.05, 3.63) is 0 Å². The Bertz CT molecular complexity index is 165. The molecule has 0 fully saturated rings. The van der Waals surface area contributed by atoms with Gasteiger partial charge in [0.25, 0.3) is 0 Å². The number of alkyl halides is 6. The molecule has 0 unspecified atom stereocenters. The van der Waals surface area contributed by atoms with Gasteiger partial charge in [0.1, 0.15) is 6.61 Å². The standard InChI is InChI=1S/C3H4F4O.C3H7F.CH2F2O.CF2O/c4-2-8-1-3(5,6)7;1-2-3-4;2-1-4-3;2-1(3)4/h1-2H2;2-3H2,1H3;1H2;. The second kappa shape index (κ2) is 23.1. The van der Waals surface area contributed by atoms with Crippen LogP contribution in [0.1, 0.15) is 13.3 Å². The van der Waals surface area contributed by atoms with Gasteiger partial charge in [-0.3, -0.25) is 4.39 Å². The highest BCUT2D eigenvalue weighted by Gasteiger charge is 2.27. The van der Waals surface area contributed by atoms with E-state index < -0.39 is 32.8 Å². The average Bonchev–Trinajstić information content (AvgIpc) is 2.35. The zero-order valence-electron chi connectivity index (χ0n) is 10.2. The molecular weight excluding hydrogens is 315 g/mol. The van der Waals surface area contributed by atoms with Crippen LogP contribution in [-0.4, -0.2) is 39.5 Å². The summed E-state index contributed by atoms with van der Waals surface area (Å²) in [4.78, 5) is 10.5. The summed E-state index contributed by atoms with van der Waals surface area (Å²) < 4.78 is 97.1. The Morgan fingerprint density at radius 2 is 1.35 bits per heavy atom. The minimum atomic E-state index is -4.41. The fraction of sp³-hybridized carbons (Fsp3) is 0.875. The van der Waals surface area contributed by atoms with Gasteiger partial charge < -0.3 is 4.74 Å². The zero-order chi connectivity index (χ0) is 17.0. The number of hydrogen-bond acceptors (Lipinski definition) is 3. The highest BCUT2D eigenvalue weighted by atomic mass is 19.4. The van der Waals surface area contributed by atoms with Crippen LogP contribution in [-0.2, 0) is 9.68 Å². The van der Waals surface area contributed by atoms with E-state index in [-0.39, 0.29) is 6.67 Å². The first-order valence-corrected chi connectivity index (χ1v) is 4.53. The van der Waals surface area contributed by atoms with Crippen molar-refractivity contribution >= 4 is 6.29 Å². The van der Waals surface area contributed by atoms with Crippen molar-refractivity contribution in [1.29, 1.82) is 0 Å². The molecule has 0 atom stereocenters. The maximum atomic E-state index is 11.0. The summed E-state index contributed by atoms with van der Waals surface area (Å²) in [5, 5.41) is 0. The molecule has 0 aliphatic rings. The molecular formula is C8H13F9O3. The predicted octanol–water partition coefficient (Wildman–Crippen LogP) is 4.72. The monoisotopic (exact) mass is 328 g/mol. The lowest BCUT2D eigenvalue weighted by Crippen LogP contribution is -2.16. The largest absolute Gasteiger partial charge is 0.483 e. The summed E-state index contributed by atoms with van der Waals surface area (Å²) in [7, 11) is 0. The molecule has 0 amide bonds. The van der Waals surface area contributed by atoms with Gasteiger partial charge in [-0.1, -0.05) is 6.92 Å². The molecule has 0 saturated carbocycles. The molecule has 12 heteroatoms. The number of ether oxygens (including phenoxy) is 1. The normalized spacial score (nSPS) is 9.10. The second-order valence-corrected chi connectivity index (χ2v) is 2.21. The van der Waals surface area contributed by atoms with Crippen LogP contribution in [0.15, 0.2) is 0 Å². The van der Waals surface area contributed by atoms with Crippen LogP contribution >= 0.6 is 0 Å². The first kappa shape index (κ1) is 27.3. The molecule has 0 aliphatic heterocycles. The molecule has 0 aliphatic carbocycles. The first-order valence-electron chi connectivity index (χ1n) is 4.53. The van der Waals surface area contributed by atoms with Gasteiger partial charge in [-0.2, -0.15) is 18.1 Å². The summed E-state index contributed by atoms with van der Waals surface area (Å²) in [5.41, 5.74) is 0. The smallest absolute Gasteiger partial charge is 0.341 e. The average molecular weight is 328 g/mol. The van der Waals surface area contributed by atoms with E-state index in [1.54, 1.807) is 6.92 Å². The Balaban J connectivity index is -0.0000000917. The molecule has 0 N–H and O–H groups in total. The minimum Gasteiger partial charge on any atom is -0.341 e. The van der Waals surface area contributed by atoms with E-state index in [1.165, 1.54) is 0 Å². The summed E-state index contributed by atoms with van der Waals surface area (Å²) >= 11 is 0. The lowest BCUT2D eigenvalue weighted by Gasteiger charge is -2.02. The van der Waals surface area contributed by atoms with Gasteiger partial charge in [0.2, 0.25) is 6.86 Å². The van der Waals surface area contributed by atoms with Gasteiger partial charge in [-0.05, 0) is 10.9 Å². The van der Waals surface area contributed by atoms with E-state index in [4.69, 9.17) is 4.79 Å². The van der Waals surface area contributed by atoms with E-state index in [1.807, 2.05) is 0 Å². The maximum Gasteiger partial charge on any atom is 0.483 e. The van der Waals surface area contributed by atoms with Crippen molar-refractivity contribution in [1.82, 2.24) is 0 Å². The van der Waals surface area contributed by atoms with Gasteiger partial charge in [-0.15, -0.1) is 8.78 Å². The minimum absolute atomic E-state index is 0.181. The van der Waals surface area contributed by atoms with Crippen LogP contribution in [0.4, 0.5) is 44.4 Å². The third kappa shape index (κ3) is 122. The maximum absolute atomic E-state index is 11.0. The van der Waals surface area contributed by atoms with E-state index >= 15 is 0 Å². The highest BCUT2D eigenvalue weighted by molar-refractivity contribution is 5.55. The molecule has 0 radical (unpaired) electrons. The Morgan fingerprint density at radius 3 is 1.40 bits per heavy atom. The number of carbonyl (C=O) groups is 1. The number of hydrogen-bond donors (Lipinski definition) is 0. The Labute approximate surface area is 108 Å². The molecule has 0 rings (SSSR count). The van der Waals surface area contributed by atoms with Crippen LogP contribution in [0.25, 0.3) is 0 Å². The van der Waals surface area contributed by atoms with E-state index in [9.17, 15) is 39.6 Å². The molecule has 0 aromatic heterocycles. The van der Waals surface area contributed by atoms with Crippen molar-refractivity contribution in [3.8, 4) is 0 Å². The number of rotatable bonds is 4. The van der Waals surface area contributed by atoms with E-state index in [2.05, 4.69) is 9.68 Å². The fourth-order valence-electron chi connectivity index (χ4n) is 0.154. The van der Waals surface area contributed by atoms with Crippen LogP contribution in [0.3, 0.4) is 0 Å². The SMILES string of the molecule is CCCF.FCOCC(F)(F)F.FCOF.O=C(F)F. The molecule has 0 spiro atoms. The molecule has 3 nitrogen and oxygen atoms in total.